The Morgan fingerprint density at radius 1 is 1.50 bits per heavy atom. The number of hydrogen-bond acceptors (Lipinski definition) is 4. The average Bonchev–Trinajstić information content (AvgIpc) is 2.59. The van der Waals surface area contributed by atoms with E-state index in [4.69, 9.17) is 15.2 Å². The van der Waals surface area contributed by atoms with Crippen molar-refractivity contribution in [2.75, 3.05) is 19.5 Å². The Kier molecular flexibility index (Phi) is 2.96. The zero-order chi connectivity index (χ0) is 11.5. The lowest BCUT2D eigenvalue weighted by molar-refractivity contribution is 0.0864. The van der Waals surface area contributed by atoms with Crippen LogP contribution in [0.4, 0.5) is 5.69 Å². The molecule has 0 radical (unpaired) electrons. The average molecular weight is 221 g/mol. The monoisotopic (exact) mass is 221 g/mol. The second-order valence-corrected chi connectivity index (χ2v) is 3.70. The van der Waals surface area contributed by atoms with Crippen LogP contribution in [0.2, 0.25) is 0 Å². The zero-order valence-corrected chi connectivity index (χ0v) is 9.36. The number of imidazole rings is 1. The number of ether oxygens (including phenoxy) is 2. The van der Waals surface area contributed by atoms with Crippen molar-refractivity contribution in [2.45, 2.75) is 13.0 Å². The first kappa shape index (κ1) is 10.8. The van der Waals surface area contributed by atoms with Gasteiger partial charge in [-0.1, -0.05) is 0 Å². The predicted molar refractivity (Wildman–Crippen MR) is 62.5 cm³/mol. The van der Waals surface area contributed by atoms with Crippen LogP contribution in [-0.2, 0) is 4.74 Å². The molecular weight excluding hydrogens is 206 g/mol. The summed E-state index contributed by atoms with van der Waals surface area (Å²) in [4.78, 5) is 7.34. The number of aromatic nitrogens is 2. The number of nitrogens with two attached hydrogens (primary N) is 1. The highest BCUT2D eigenvalue weighted by atomic mass is 16.5. The van der Waals surface area contributed by atoms with Crippen LogP contribution in [0.5, 0.6) is 6.01 Å². The summed E-state index contributed by atoms with van der Waals surface area (Å²) < 4.78 is 10.5. The number of nitrogens with one attached hydrogen (secondary N) is 1. The molecule has 2 aromatic rings. The van der Waals surface area contributed by atoms with Crippen molar-refractivity contribution < 1.29 is 9.47 Å². The van der Waals surface area contributed by atoms with Gasteiger partial charge in [-0.15, -0.1) is 0 Å². The highest BCUT2D eigenvalue weighted by Gasteiger charge is 2.08. The van der Waals surface area contributed by atoms with Crippen LogP contribution >= 0.6 is 0 Å². The fourth-order valence-electron chi connectivity index (χ4n) is 1.52. The zero-order valence-electron chi connectivity index (χ0n) is 9.36. The quantitative estimate of drug-likeness (QED) is 0.768. The molecule has 0 bridgehead atoms. The molecule has 3 N–H and O–H groups in total. The molecule has 0 aliphatic carbocycles. The van der Waals surface area contributed by atoms with Gasteiger partial charge in [0.15, 0.2) is 0 Å². The number of nitrogens with zero attached hydrogens (tertiary/aromatic N) is 1. The van der Waals surface area contributed by atoms with Gasteiger partial charge in [-0.05, 0) is 25.1 Å². The van der Waals surface area contributed by atoms with Crippen molar-refractivity contribution in [3.8, 4) is 6.01 Å². The Balaban J connectivity index is 2.19. The van der Waals surface area contributed by atoms with Crippen molar-refractivity contribution in [1.29, 1.82) is 0 Å². The molecule has 1 aromatic carbocycles. The first-order chi connectivity index (χ1) is 7.69. The van der Waals surface area contributed by atoms with Gasteiger partial charge >= 0.3 is 0 Å². The smallest absolute Gasteiger partial charge is 0.294 e. The number of methoxy groups -OCH3 is 1. The Morgan fingerprint density at radius 3 is 3.06 bits per heavy atom. The second-order valence-electron chi connectivity index (χ2n) is 3.70. The van der Waals surface area contributed by atoms with Crippen molar-refractivity contribution in [3.63, 3.8) is 0 Å². The maximum absolute atomic E-state index is 5.67. The highest BCUT2D eigenvalue weighted by Crippen LogP contribution is 2.18. The summed E-state index contributed by atoms with van der Waals surface area (Å²) in [6.45, 7) is 2.45. The molecule has 5 heteroatoms. The van der Waals surface area contributed by atoms with Crippen LogP contribution in [0.15, 0.2) is 18.2 Å². The van der Waals surface area contributed by atoms with E-state index in [0.29, 0.717) is 18.3 Å². The molecule has 86 valence electrons. The van der Waals surface area contributed by atoms with Crippen molar-refractivity contribution in [2.24, 2.45) is 0 Å². The standard InChI is InChI=1S/C11H15N3O2/c1-7(6-15-2)16-11-13-9-4-3-8(12)5-10(9)14-11/h3-5,7H,6,12H2,1-2H3,(H,13,14). The Morgan fingerprint density at radius 2 is 2.31 bits per heavy atom. The Bertz CT molecular complexity index is 481. The van der Waals surface area contributed by atoms with Gasteiger partial charge < -0.3 is 20.2 Å². The van der Waals surface area contributed by atoms with Gasteiger partial charge in [0.1, 0.15) is 6.10 Å². The van der Waals surface area contributed by atoms with Gasteiger partial charge in [0, 0.05) is 12.8 Å². The van der Waals surface area contributed by atoms with Crippen LogP contribution in [-0.4, -0.2) is 29.8 Å². The van der Waals surface area contributed by atoms with Crippen LogP contribution in [0.3, 0.4) is 0 Å². The lowest BCUT2D eigenvalue weighted by Crippen LogP contribution is -2.18. The number of nitrogen functional groups attached to an aromatic ring is 1. The molecule has 0 aliphatic rings. The lowest BCUT2D eigenvalue weighted by Gasteiger charge is -2.09. The maximum atomic E-state index is 5.67. The molecule has 2 rings (SSSR count). The van der Waals surface area contributed by atoms with Crippen molar-refractivity contribution >= 4 is 16.7 Å². The van der Waals surface area contributed by atoms with Gasteiger partial charge in [-0.2, -0.15) is 4.98 Å². The van der Waals surface area contributed by atoms with E-state index in [2.05, 4.69) is 9.97 Å². The number of anilines is 1. The van der Waals surface area contributed by atoms with Gasteiger partial charge in [0.2, 0.25) is 0 Å². The number of benzene rings is 1. The van der Waals surface area contributed by atoms with Gasteiger partial charge in [0.05, 0.1) is 17.6 Å². The molecule has 0 spiro atoms. The van der Waals surface area contributed by atoms with E-state index >= 15 is 0 Å². The molecule has 16 heavy (non-hydrogen) atoms. The first-order valence-corrected chi connectivity index (χ1v) is 5.10. The minimum absolute atomic E-state index is 0.0390. The SMILES string of the molecule is COCC(C)Oc1nc2ccc(N)cc2[nH]1. The molecule has 1 unspecified atom stereocenters. The summed E-state index contributed by atoms with van der Waals surface area (Å²) >= 11 is 0. The van der Waals surface area contributed by atoms with Gasteiger partial charge in [-0.25, -0.2) is 0 Å². The molecule has 0 amide bonds. The van der Waals surface area contributed by atoms with E-state index in [1.807, 2.05) is 25.1 Å². The van der Waals surface area contributed by atoms with Crippen LogP contribution < -0.4 is 10.5 Å². The summed E-state index contributed by atoms with van der Waals surface area (Å²) in [7, 11) is 1.64. The van der Waals surface area contributed by atoms with E-state index in [-0.39, 0.29) is 6.10 Å². The summed E-state index contributed by atoms with van der Waals surface area (Å²) in [5.74, 6) is 0. The fourth-order valence-corrected chi connectivity index (χ4v) is 1.52. The number of hydrogen-bond donors (Lipinski definition) is 2. The normalized spacial score (nSPS) is 12.9. The lowest BCUT2D eigenvalue weighted by atomic mass is 10.3. The first-order valence-electron chi connectivity index (χ1n) is 5.10. The molecule has 5 nitrogen and oxygen atoms in total. The molecule has 0 saturated carbocycles. The minimum atomic E-state index is -0.0390. The Labute approximate surface area is 93.6 Å². The summed E-state index contributed by atoms with van der Waals surface area (Å²) in [5, 5.41) is 0. The number of rotatable bonds is 4. The van der Waals surface area contributed by atoms with Gasteiger partial charge in [-0.3, -0.25) is 0 Å². The van der Waals surface area contributed by atoms with E-state index in [1.54, 1.807) is 7.11 Å². The second kappa shape index (κ2) is 4.40. The third-order valence-corrected chi connectivity index (χ3v) is 2.20. The van der Waals surface area contributed by atoms with E-state index in [1.165, 1.54) is 0 Å². The molecule has 1 aromatic heterocycles. The summed E-state index contributed by atoms with van der Waals surface area (Å²) in [5.41, 5.74) is 8.09. The summed E-state index contributed by atoms with van der Waals surface area (Å²) in [6, 6.07) is 5.99. The van der Waals surface area contributed by atoms with E-state index in [0.717, 1.165) is 11.0 Å². The fraction of sp³-hybridized carbons (Fsp3) is 0.364. The molecule has 1 atom stereocenters. The molecule has 0 saturated heterocycles. The molecule has 0 aliphatic heterocycles. The van der Waals surface area contributed by atoms with Crippen molar-refractivity contribution in [3.05, 3.63) is 18.2 Å². The number of aromatic amines is 1. The Hall–Kier alpha value is -1.75. The van der Waals surface area contributed by atoms with E-state index in [9.17, 15) is 0 Å². The molecule has 1 heterocycles. The van der Waals surface area contributed by atoms with Gasteiger partial charge in [0.25, 0.3) is 6.01 Å². The minimum Gasteiger partial charge on any atom is -0.459 e. The van der Waals surface area contributed by atoms with Crippen LogP contribution in [0, 0.1) is 0 Å². The topological polar surface area (TPSA) is 73.2 Å². The maximum Gasteiger partial charge on any atom is 0.294 e. The largest absolute Gasteiger partial charge is 0.459 e. The van der Waals surface area contributed by atoms with E-state index < -0.39 is 0 Å². The predicted octanol–water partition coefficient (Wildman–Crippen LogP) is 1.56. The van der Waals surface area contributed by atoms with Crippen molar-refractivity contribution in [1.82, 2.24) is 9.97 Å². The third kappa shape index (κ3) is 2.25. The molecular formula is C11H15N3O2. The third-order valence-electron chi connectivity index (χ3n) is 2.20. The number of fused-ring (bicyclic) bond motifs is 1. The van der Waals surface area contributed by atoms with Crippen LogP contribution in [0.1, 0.15) is 6.92 Å². The van der Waals surface area contributed by atoms with Crippen LogP contribution in [0.25, 0.3) is 11.0 Å². The number of H-pyrrole nitrogens is 1. The summed E-state index contributed by atoms with van der Waals surface area (Å²) in [6.07, 6.45) is -0.0390. The molecule has 0 fully saturated rings. The highest BCUT2D eigenvalue weighted by molar-refractivity contribution is 5.79.